The summed E-state index contributed by atoms with van der Waals surface area (Å²) in [7, 11) is -5.25. The van der Waals surface area contributed by atoms with Crippen LogP contribution < -0.4 is 0 Å². The molecule has 0 unspecified atom stereocenters. The summed E-state index contributed by atoms with van der Waals surface area (Å²) in [6.45, 7) is 38.0. The molecule has 0 spiro atoms. The van der Waals surface area contributed by atoms with Crippen molar-refractivity contribution in [2.45, 2.75) is 206 Å². The lowest BCUT2D eigenvalue weighted by Crippen LogP contribution is -2.48. The summed E-state index contributed by atoms with van der Waals surface area (Å²) >= 11 is 0. The summed E-state index contributed by atoms with van der Waals surface area (Å²) in [6.07, 6.45) is 18.5. The Morgan fingerprint density at radius 1 is 0.795 bits per heavy atom. The molecule has 1 saturated carbocycles. The van der Waals surface area contributed by atoms with E-state index in [1.54, 1.807) is 0 Å². The fourth-order valence-corrected chi connectivity index (χ4v) is 10.1. The summed E-state index contributed by atoms with van der Waals surface area (Å²) in [6, 6.07) is 0. The first-order valence-electron chi connectivity index (χ1n) is 18.0. The molecule has 0 aromatic rings. The summed E-state index contributed by atoms with van der Waals surface area (Å²) in [5.74, 6) is 0. The fourth-order valence-electron chi connectivity index (χ4n) is 5.66. The average Bonchev–Trinajstić information content (AvgIpc) is 2.85. The Bertz CT molecular complexity index is 848. The first-order valence-corrected chi connectivity index (χ1v) is 27.2. The van der Waals surface area contributed by atoms with E-state index in [-0.39, 0.29) is 27.9 Å². The van der Waals surface area contributed by atoms with Crippen LogP contribution in [0.3, 0.4) is 0 Å². The van der Waals surface area contributed by atoms with Gasteiger partial charge in [0, 0.05) is 6.61 Å². The smallest absolute Gasteiger partial charge is 0.192 e. The Morgan fingerprint density at radius 2 is 1.30 bits per heavy atom. The minimum Gasteiger partial charge on any atom is -0.414 e. The number of hydrogen-bond donors (Lipinski definition) is 0. The molecule has 44 heavy (non-hydrogen) atoms. The Kier molecular flexibility index (Phi) is 16.6. The van der Waals surface area contributed by atoms with Crippen molar-refractivity contribution in [2.75, 3.05) is 6.61 Å². The first kappa shape index (κ1) is 42.0. The van der Waals surface area contributed by atoms with Crippen LogP contribution in [0.4, 0.5) is 0 Å². The van der Waals surface area contributed by atoms with Crippen LogP contribution in [0.1, 0.15) is 127 Å². The molecule has 0 N–H and O–H groups in total. The predicted octanol–water partition coefficient (Wildman–Crippen LogP) is 12.2. The minimum absolute atomic E-state index is 0.0302. The van der Waals surface area contributed by atoms with Crippen LogP contribution >= 0.6 is 0 Å². The van der Waals surface area contributed by atoms with Gasteiger partial charge in [-0.1, -0.05) is 79.2 Å². The number of ether oxygens (including phenoxy) is 1. The molecule has 0 aliphatic heterocycles. The highest BCUT2D eigenvalue weighted by atomic mass is 28.4. The van der Waals surface area contributed by atoms with Crippen LogP contribution in [0.15, 0.2) is 23.8 Å². The highest BCUT2D eigenvalue weighted by Gasteiger charge is 2.43. The molecule has 1 rings (SSSR count). The van der Waals surface area contributed by atoms with Crippen molar-refractivity contribution < 1.29 is 18.0 Å². The average molecular weight is 669 g/mol. The van der Waals surface area contributed by atoms with Gasteiger partial charge < -0.3 is 18.0 Å². The molecule has 0 saturated heterocycles. The van der Waals surface area contributed by atoms with Crippen molar-refractivity contribution in [3.63, 3.8) is 0 Å². The van der Waals surface area contributed by atoms with E-state index in [0.717, 1.165) is 70.8 Å². The van der Waals surface area contributed by atoms with Gasteiger partial charge in [0.1, 0.15) is 0 Å². The molecule has 0 radical (unpaired) electrons. The van der Waals surface area contributed by atoms with Crippen molar-refractivity contribution in [1.29, 1.82) is 0 Å². The van der Waals surface area contributed by atoms with E-state index >= 15 is 0 Å². The summed E-state index contributed by atoms with van der Waals surface area (Å²) in [4.78, 5) is 0. The number of hydrogen-bond acceptors (Lipinski definition) is 4. The molecule has 0 bridgehead atoms. The summed E-state index contributed by atoms with van der Waals surface area (Å²) < 4.78 is 26.7. The van der Waals surface area contributed by atoms with Crippen LogP contribution in [0.5, 0.6) is 0 Å². The van der Waals surface area contributed by atoms with E-state index in [0.29, 0.717) is 6.10 Å². The van der Waals surface area contributed by atoms with Gasteiger partial charge in [0.2, 0.25) is 0 Å². The normalized spacial score (nSPS) is 20.4. The van der Waals surface area contributed by atoms with Crippen LogP contribution in [0.2, 0.25) is 55.9 Å². The molecule has 7 heteroatoms. The molecular formula is C37H76O4Si3. The van der Waals surface area contributed by atoms with Gasteiger partial charge in [-0.15, -0.1) is 0 Å². The van der Waals surface area contributed by atoms with Crippen molar-refractivity contribution in [3.05, 3.63) is 23.8 Å². The Labute approximate surface area is 278 Å². The second-order valence-electron chi connectivity index (χ2n) is 17.7. The maximum absolute atomic E-state index is 6.96. The van der Waals surface area contributed by atoms with Crippen LogP contribution in [-0.2, 0) is 18.0 Å². The molecule has 1 aliphatic rings. The van der Waals surface area contributed by atoms with Crippen molar-refractivity contribution >= 4 is 25.0 Å². The van der Waals surface area contributed by atoms with E-state index in [2.05, 4.69) is 126 Å². The maximum Gasteiger partial charge on any atom is 0.192 e. The third kappa shape index (κ3) is 14.8. The van der Waals surface area contributed by atoms with Crippen molar-refractivity contribution in [1.82, 2.24) is 0 Å². The number of unbranched alkanes of at least 4 members (excludes halogenated alkanes) is 1. The number of rotatable bonds is 18. The molecule has 0 amide bonds. The minimum atomic E-state index is -1.85. The van der Waals surface area contributed by atoms with Gasteiger partial charge in [-0.2, -0.15) is 0 Å². The SMILES string of the molecule is CCC(CC)(CCCO[C@H](C)CCC/C=C/C=C1C[C@@H](O[Si](C)(C)C(C)(C)C)C[C@H](O[Si](C)(C)C(C)(C)C)C1)O[Si](C)(C)C. The molecule has 1 fully saturated rings. The molecule has 4 nitrogen and oxygen atoms in total. The zero-order valence-corrected chi connectivity index (χ0v) is 35.4. The van der Waals surface area contributed by atoms with Crippen LogP contribution in [0.25, 0.3) is 0 Å². The van der Waals surface area contributed by atoms with Crippen molar-refractivity contribution in [3.8, 4) is 0 Å². The van der Waals surface area contributed by atoms with E-state index in [4.69, 9.17) is 18.0 Å². The molecule has 3 atom stereocenters. The van der Waals surface area contributed by atoms with Gasteiger partial charge in [-0.05, 0) is 127 Å². The Balaban J connectivity index is 2.66. The van der Waals surface area contributed by atoms with Crippen LogP contribution in [0, 0.1) is 0 Å². The Morgan fingerprint density at radius 3 is 1.73 bits per heavy atom. The van der Waals surface area contributed by atoms with Gasteiger partial charge in [0.05, 0.1) is 23.9 Å². The zero-order chi connectivity index (χ0) is 34.0. The third-order valence-electron chi connectivity index (χ3n) is 10.5. The second kappa shape index (κ2) is 17.4. The standard InChI is InChI=1S/C37H76O4Si3/c1-17-37(18-2,41-42(10,11)12)26-23-27-38-31(3)24-21-19-20-22-25-32-28-33(39-43(13,14)35(4,5)6)30-34(29-32)40-44(15,16)36(7,8)9/h20,22,25,31,33-34H,17-19,21,23-24,26-30H2,1-16H3/b22-20+/t31-,33-,34-/m1/s1. The Hall–Kier alpha value is -0.0294. The quantitative estimate of drug-likeness (QED) is 0.108. The summed E-state index contributed by atoms with van der Waals surface area (Å²) in [5.41, 5.74) is 1.51. The van der Waals surface area contributed by atoms with Gasteiger partial charge in [-0.3, -0.25) is 0 Å². The van der Waals surface area contributed by atoms with Crippen molar-refractivity contribution in [2.24, 2.45) is 0 Å². The molecule has 0 aromatic carbocycles. The molecule has 0 aromatic heterocycles. The molecule has 1 aliphatic carbocycles. The third-order valence-corrected chi connectivity index (χ3v) is 20.6. The largest absolute Gasteiger partial charge is 0.414 e. The van der Waals surface area contributed by atoms with Gasteiger partial charge in [0.25, 0.3) is 0 Å². The maximum atomic E-state index is 6.96. The predicted molar refractivity (Wildman–Crippen MR) is 201 cm³/mol. The molecular weight excluding hydrogens is 593 g/mol. The van der Waals surface area contributed by atoms with Gasteiger partial charge in [0.15, 0.2) is 25.0 Å². The fraction of sp³-hybridized carbons (Fsp3) is 0.892. The van der Waals surface area contributed by atoms with E-state index in [1.165, 1.54) is 5.57 Å². The lowest BCUT2D eigenvalue weighted by Gasteiger charge is -2.45. The van der Waals surface area contributed by atoms with Crippen LogP contribution in [-0.4, -0.2) is 55.5 Å². The lowest BCUT2D eigenvalue weighted by molar-refractivity contribution is 0.0149. The van der Waals surface area contributed by atoms with Gasteiger partial charge in [-0.25, -0.2) is 0 Å². The number of allylic oxidation sites excluding steroid dienone is 3. The highest BCUT2D eigenvalue weighted by Crippen LogP contribution is 2.43. The molecule has 0 heterocycles. The second-order valence-corrected chi connectivity index (χ2v) is 31.7. The lowest BCUT2D eigenvalue weighted by atomic mass is 9.90. The van der Waals surface area contributed by atoms with Gasteiger partial charge >= 0.3 is 0 Å². The summed E-state index contributed by atoms with van der Waals surface area (Å²) in [5, 5.41) is 0.422. The van der Waals surface area contributed by atoms with E-state index in [9.17, 15) is 0 Å². The first-order chi connectivity index (χ1) is 20.0. The van der Waals surface area contributed by atoms with E-state index in [1.807, 2.05) is 0 Å². The topological polar surface area (TPSA) is 36.9 Å². The monoisotopic (exact) mass is 669 g/mol. The van der Waals surface area contributed by atoms with E-state index < -0.39 is 25.0 Å². The molecule has 260 valence electrons. The highest BCUT2D eigenvalue weighted by molar-refractivity contribution is 6.74. The zero-order valence-electron chi connectivity index (χ0n) is 32.4.